The highest BCUT2D eigenvalue weighted by Gasteiger charge is 2.26. The third-order valence-corrected chi connectivity index (χ3v) is 12.7. The summed E-state index contributed by atoms with van der Waals surface area (Å²) >= 11 is 0. The van der Waals surface area contributed by atoms with Crippen LogP contribution in [0.15, 0.2) is 90.2 Å². The molecule has 8 rings (SSSR count). The summed E-state index contributed by atoms with van der Waals surface area (Å²) < 4.78 is 5.21. The summed E-state index contributed by atoms with van der Waals surface area (Å²) in [4.78, 5) is 51.9. The summed E-state index contributed by atoms with van der Waals surface area (Å²) in [5, 5.41) is 10.6. The first-order valence-corrected chi connectivity index (χ1v) is 22.5. The lowest BCUT2D eigenvalue weighted by Gasteiger charge is -2.40. The van der Waals surface area contributed by atoms with Crippen molar-refractivity contribution in [2.75, 3.05) is 74.1 Å². The zero-order valence-corrected chi connectivity index (χ0v) is 38.1. The second kappa shape index (κ2) is 19.1. The van der Waals surface area contributed by atoms with Crippen molar-refractivity contribution in [3.8, 4) is 22.5 Å². The maximum Gasteiger partial charge on any atom is 0.321 e. The number of anilines is 3. The maximum absolute atomic E-state index is 12.7. The number of H-pyrrole nitrogens is 1. The van der Waals surface area contributed by atoms with E-state index in [0.29, 0.717) is 24.8 Å². The van der Waals surface area contributed by atoms with Gasteiger partial charge in [0.1, 0.15) is 12.0 Å². The number of nitrogens with one attached hydrogen (secondary N) is 3. The van der Waals surface area contributed by atoms with Crippen molar-refractivity contribution in [3.05, 3.63) is 114 Å². The van der Waals surface area contributed by atoms with Gasteiger partial charge in [-0.15, -0.1) is 6.58 Å². The molecule has 5 heterocycles. The number of hydrogen-bond donors (Lipinski definition) is 3. The first kappa shape index (κ1) is 44.1. The Labute approximate surface area is 376 Å². The summed E-state index contributed by atoms with van der Waals surface area (Å²) in [5.74, 6) is 0.749. The molecular weight excluding hydrogens is 803 g/mol. The van der Waals surface area contributed by atoms with Crippen molar-refractivity contribution in [3.63, 3.8) is 0 Å². The van der Waals surface area contributed by atoms with Crippen LogP contribution in [-0.2, 0) is 12.0 Å². The van der Waals surface area contributed by atoms with Crippen molar-refractivity contribution < 1.29 is 14.1 Å². The number of aryl methyl sites for hydroxylation is 2. The number of fused-ring (bicyclic) bond motifs is 1. The van der Waals surface area contributed by atoms with Crippen LogP contribution < -0.4 is 25.3 Å². The fourth-order valence-electron chi connectivity index (χ4n) is 8.84. The van der Waals surface area contributed by atoms with E-state index >= 15 is 0 Å². The number of amides is 3. The van der Waals surface area contributed by atoms with Crippen LogP contribution in [0.25, 0.3) is 33.5 Å². The van der Waals surface area contributed by atoms with Crippen LogP contribution in [0.2, 0.25) is 0 Å². The van der Waals surface area contributed by atoms with E-state index in [2.05, 4.69) is 114 Å². The van der Waals surface area contributed by atoms with E-state index in [0.717, 1.165) is 108 Å². The number of hydrogen-bond acceptors (Lipinski definition) is 10. The van der Waals surface area contributed by atoms with Gasteiger partial charge in [-0.25, -0.2) is 14.8 Å². The minimum atomic E-state index is -0.401. The van der Waals surface area contributed by atoms with E-state index in [9.17, 15) is 9.59 Å². The quantitative estimate of drug-likeness (QED) is 0.0968. The molecule has 0 spiro atoms. The van der Waals surface area contributed by atoms with Crippen LogP contribution in [-0.4, -0.2) is 101 Å². The van der Waals surface area contributed by atoms with Gasteiger partial charge < -0.3 is 29.9 Å². The Bertz CT molecular complexity index is 2590. The van der Waals surface area contributed by atoms with Gasteiger partial charge in [-0.2, -0.15) is 4.98 Å². The van der Waals surface area contributed by atoms with Gasteiger partial charge in [-0.3, -0.25) is 14.6 Å². The highest BCUT2D eigenvalue weighted by molar-refractivity contribution is 5.95. The number of carbonyl (C=O) groups is 2. The standard InChI is InChI=1S/C50H61N11O3/c1-8-9-20-61(49(63)51-7)43-17-16-40(28-34(43)3)59-21-18-35(19-22-59)31-58-23-25-60(26-24-58)39-14-12-36(13-15-39)42-29-41-44(53-32-54-45(41)55-42)37-10-11-38(33(2)27-37)30-52-46(62)47-56-48(57-64-47)50(4,5)6/h8,10-17,27-29,32,35H,1,9,18-26,30-31H2,2-7H3,(H,51,63)(H,52,62)(H,53,54,55). The minimum Gasteiger partial charge on any atom is -0.372 e. The smallest absolute Gasteiger partial charge is 0.321 e. The molecule has 3 aromatic heterocycles. The van der Waals surface area contributed by atoms with Crippen molar-refractivity contribution in [1.82, 2.24) is 40.6 Å². The summed E-state index contributed by atoms with van der Waals surface area (Å²) in [6, 6.07) is 23.5. The lowest BCUT2D eigenvalue weighted by molar-refractivity contribution is 0.0907. The molecule has 3 N–H and O–H groups in total. The van der Waals surface area contributed by atoms with Gasteiger partial charge in [0.2, 0.25) is 0 Å². The van der Waals surface area contributed by atoms with E-state index in [4.69, 9.17) is 9.51 Å². The van der Waals surface area contributed by atoms with Crippen LogP contribution in [0.3, 0.4) is 0 Å². The first-order chi connectivity index (χ1) is 30.9. The monoisotopic (exact) mass is 863 g/mol. The maximum atomic E-state index is 12.7. The molecule has 2 saturated heterocycles. The van der Waals surface area contributed by atoms with Gasteiger partial charge in [0, 0.05) is 105 Å². The lowest BCUT2D eigenvalue weighted by atomic mass is 9.95. The number of carbonyl (C=O) groups excluding carboxylic acids is 2. The molecule has 2 aliphatic rings. The molecule has 0 unspecified atom stereocenters. The zero-order valence-electron chi connectivity index (χ0n) is 38.1. The third kappa shape index (κ3) is 9.81. The number of aromatic amines is 1. The van der Waals surface area contributed by atoms with Crippen LogP contribution in [0.4, 0.5) is 21.9 Å². The van der Waals surface area contributed by atoms with E-state index in [-0.39, 0.29) is 17.3 Å². The summed E-state index contributed by atoms with van der Waals surface area (Å²) in [5.41, 5.74) is 10.9. The third-order valence-electron chi connectivity index (χ3n) is 12.7. The predicted molar refractivity (Wildman–Crippen MR) is 255 cm³/mol. The Morgan fingerprint density at radius 3 is 2.28 bits per heavy atom. The van der Waals surface area contributed by atoms with Crippen molar-refractivity contribution in [2.24, 2.45) is 5.92 Å². The summed E-state index contributed by atoms with van der Waals surface area (Å²) in [6.07, 6.45) is 6.56. The molecule has 2 fully saturated rings. The normalized spacial score (nSPS) is 15.1. The van der Waals surface area contributed by atoms with Crippen LogP contribution >= 0.6 is 0 Å². The molecule has 6 aromatic rings. The number of urea groups is 1. The molecule has 64 heavy (non-hydrogen) atoms. The van der Waals surface area contributed by atoms with Gasteiger partial charge >= 0.3 is 17.8 Å². The number of rotatable bonds is 13. The van der Waals surface area contributed by atoms with Crippen LogP contribution in [0.5, 0.6) is 0 Å². The molecule has 3 amide bonds. The molecule has 14 nitrogen and oxygen atoms in total. The van der Waals surface area contributed by atoms with E-state index < -0.39 is 5.91 Å². The Hall–Kier alpha value is -6.54. The zero-order chi connectivity index (χ0) is 45.0. The number of benzene rings is 3. The number of piperazine rings is 1. The molecule has 3 aromatic carbocycles. The van der Waals surface area contributed by atoms with Crippen molar-refractivity contribution in [1.29, 1.82) is 0 Å². The molecule has 334 valence electrons. The first-order valence-electron chi connectivity index (χ1n) is 22.5. The van der Waals surface area contributed by atoms with E-state index in [1.165, 1.54) is 24.2 Å². The Morgan fingerprint density at radius 2 is 1.61 bits per heavy atom. The van der Waals surface area contributed by atoms with E-state index in [1.807, 2.05) is 45.9 Å². The topological polar surface area (TPSA) is 152 Å². The number of aromatic nitrogens is 5. The molecule has 0 radical (unpaired) electrons. The minimum absolute atomic E-state index is 0.0396. The Balaban J connectivity index is 0.826. The molecular formula is C50H61N11O3. The highest BCUT2D eigenvalue weighted by atomic mass is 16.5. The molecule has 0 saturated carbocycles. The SMILES string of the molecule is C=CCCN(C(=O)NC)c1ccc(N2CCC(CN3CCN(c4ccc(-c5cc6c(-c7ccc(CNC(=O)c8nc(C(C)(C)C)no8)c(C)c7)ncnc6[nH]5)cc4)CC3)CC2)cc1C. The summed E-state index contributed by atoms with van der Waals surface area (Å²) in [7, 11) is 1.68. The Morgan fingerprint density at radius 1 is 0.891 bits per heavy atom. The van der Waals surface area contributed by atoms with Crippen LogP contribution in [0.1, 0.15) is 73.2 Å². The molecule has 2 aliphatic heterocycles. The second-order valence-electron chi connectivity index (χ2n) is 18.2. The summed E-state index contributed by atoms with van der Waals surface area (Å²) in [6.45, 7) is 22.2. The second-order valence-corrected chi connectivity index (χ2v) is 18.2. The molecule has 14 heteroatoms. The van der Waals surface area contributed by atoms with Gasteiger partial charge in [0.15, 0.2) is 5.82 Å². The van der Waals surface area contributed by atoms with E-state index in [1.54, 1.807) is 18.3 Å². The average Bonchev–Trinajstić information content (AvgIpc) is 3.99. The molecule has 0 atom stereocenters. The average molecular weight is 864 g/mol. The Kier molecular flexibility index (Phi) is 13.1. The fraction of sp³-hybridized carbons (Fsp3) is 0.400. The number of nitrogens with zero attached hydrogens (tertiary/aromatic N) is 8. The molecule has 0 bridgehead atoms. The lowest BCUT2D eigenvalue weighted by Crippen LogP contribution is -2.49. The predicted octanol–water partition coefficient (Wildman–Crippen LogP) is 8.28. The van der Waals surface area contributed by atoms with Gasteiger partial charge in [0.05, 0.1) is 5.69 Å². The van der Waals surface area contributed by atoms with Crippen molar-refractivity contribution in [2.45, 2.75) is 65.8 Å². The number of piperidine rings is 1. The van der Waals surface area contributed by atoms with Crippen molar-refractivity contribution >= 4 is 40.0 Å². The van der Waals surface area contributed by atoms with Gasteiger partial charge in [0.25, 0.3) is 0 Å². The largest absolute Gasteiger partial charge is 0.372 e. The fourth-order valence-corrected chi connectivity index (χ4v) is 8.84. The highest BCUT2D eigenvalue weighted by Crippen LogP contribution is 2.33. The van der Waals surface area contributed by atoms with Gasteiger partial charge in [-0.1, -0.05) is 56.3 Å². The van der Waals surface area contributed by atoms with Crippen LogP contribution in [0, 0.1) is 19.8 Å². The molecule has 0 aliphatic carbocycles. The van der Waals surface area contributed by atoms with Gasteiger partial charge in [-0.05, 0) is 104 Å².